The van der Waals surface area contributed by atoms with Crippen LogP contribution >= 0.6 is 0 Å². The number of benzene rings is 1. The second-order valence-corrected chi connectivity index (χ2v) is 7.77. The van der Waals surface area contributed by atoms with Crippen LogP contribution in [0.2, 0.25) is 0 Å². The summed E-state index contributed by atoms with van der Waals surface area (Å²) in [4.78, 5) is 25.9. The largest absolute Gasteiger partial charge is 0.342 e. The highest BCUT2D eigenvalue weighted by molar-refractivity contribution is 5.93. The van der Waals surface area contributed by atoms with E-state index in [4.69, 9.17) is 0 Å². The van der Waals surface area contributed by atoms with Gasteiger partial charge in [0.2, 0.25) is 11.8 Å². The Bertz CT molecular complexity index is 858. The zero-order chi connectivity index (χ0) is 19.5. The number of carbonyl (C=O) groups excluding carboxylic acids is 2. The van der Waals surface area contributed by atoms with Crippen molar-refractivity contribution in [3.8, 4) is 11.4 Å². The van der Waals surface area contributed by atoms with Crippen LogP contribution in [0.1, 0.15) is 44.9 Å². The van der Waals surface area contributed by atoms with E-state index >= 15 is 0 Å². The molecule has 2 aliphatic heterocycles. The van der Waals surface area contributed by atoms with Crippen molar-refractivity contribution in [1.82, 2.24) is 19.7 Å². The third-order valence-electron chi connectivity index (χ3n) is 5.76. The lowest BCUT2D eigenvalue weighted by atomic mass is 9.97. The fourth-order valence-electron chi connectivity index (χ4n) is 4.12. The molecule has 0 saturated carbocycles. The number of amides is 2. The summed E-state index contributed by atoms with van der Waals surface area (Å²) in [5.74, 6) is 1.84. The molecule has 0 radical (unpaired) electrons. The van der Waals surface area contributed by atoms with Crippen molar-refractivity contribution in [3.05, 3.63) is 30.1 Å². The molecular weight excluding hydrogens is 354 g/mol. The highest BCUT2D eigenvalue weighted by Crippen LogP contribution is 2.25. The van der Waals surface area contributed by atoms with Crippen LogP contribution in [0, 0.1) is 5.92 Å². The average Bonchev–Trinajstić information content (AvgIpc) is 2.96. The molecule has 148 valence electrons. The van der Waals surface area contributed by atoms with E-state index < -0.39 is 0 Å². The Labute approximate surface area is 165 Å². The molecule has 7 nitrogen and oxygen atoms in total. The van der Waals surface area contributed by atoms with Gasteiger partial charge in [-0.2, -0.15) is 0 Å². The lowest BCUT2D eigenvalue weighted by Gasteiger charge is -2.31. The highest BCUT2D eigenvalue weighted by atomic mass is 16.2. The molecule has 2 aliphatic rings. The summed E-state index contributed by atoms with van der Waals surface area (Å²) in [6.07, 6.45) is 6.24. The molecule has 0 bridgehead atoms. The first-order valence-corrected chi connectivity index (χ1v) is 10.2. The van der Waals surface area contributed by atoms with Crippen LogP contribution in [0.15, 0.2) is 24.3 Å². The molecule has 0 unspecified atom stereocenters. The van der Waals surface area contributed by atoms with Gasteiger partial charge in [-0.15, -0.1) is 10.2 Å². The highest BCUT2D eigenvalue weighted by Gasteiger charge is 2.27. The molecular formula is C21H27N5O2. The number of aryl methyl sites for hydroxylation is 1. The van der Waals surface area contributed by atoms with Crippen LogP contribution < -0.4 is 5.32 Å². The van der Waals surface area contributed by atoms with E-state index in [1.807, 2.05) is 24.3 Å². The van der Waals surface area contributed by atoms with Crippen LogP contribution in [0.3, 0.4) is 0 Å². The first-order valence-electron chi connectivity index (χ1n) is 10.2. The summed E-state index contributed by atoms with van der Waals surface area (Å²) in [5.41, 5.74) is 1.78. The number of likely N-dealkylation sites (tertiary alicyclic amines) is 1. The summed E-state index contributed by atoms with van der Waals surface area (Å²) in [6, 6.07) is 7.80. The standard InChI is InChI=1S/C21H27N5O2/c1-15(27)25-12-5-6-17(14-25)21(28)22-18-10-8-16(9-11-18)20-24-23-19-7-3-2-4-13-26(19)20/h8-11,17H,2-7,12-14H2,1H3,(H,22,28)/t17-/m1/s1. The minimum absolute atomic E-state index is 0.0185. The van der Waals surface area contributed by atoms with E-state index in [1.54, 1.807) is 11.8 Å². The Morgan fingerprint density at radius 2 is 1.86 bits per heavy atom. The first kappa shape index (κ1) is 18.7. The fraction of sp³-hybridized carbons (Fsp3) is 0.524. The van der Waals surface area contributed by atoms with Crippen molar-refractivity contribution in [3.63, 3.8) is 0 Å². The first-order chi connectivity index (χ1) is 13.6. The van der Waals surface area contributed by atoms with E-state index in [1.165, 1.54) is 12.8 Å². The molecule has 4 rings (SSSR count). The van der Waals surface area contributed by atoms with E-state index in [0.29, 0.717) is 6.54 Å². The molecule has 2 aromatic rings. The SMILES string of the molecule is CC(=O)N1CCC[C@@H](C(=O)Nc2ccc(-c3nnc4n3CCCCC4)cc2)C1. The van der Waals surface area contributed by atoms with E-state index in [2.05, 4.69) is 20.1 Å². The predicted octanol–water partition coefficient (Wildman–Crippen LogP) is 2.87. The molecule has 1 aromatic carbocycles. The predicted molar refractivity (Wildman–Crippen MR) is 107 cm³/mol. The van der Waals surface area contributed by atoms with Crippen molar-refractivity contribution in [1.29, 1.82) is 0 Å². The Balaban J connectivity index is 1.43. The van der Waals surface area contributed by atoms with Crippen LogP contribution in [-0.2, 0) is 22.6 Å². The summed E-state index contributed by atoms with van der Waals surface area (Å²) in [5, 5.41) is 11.7. The van der Waals surface area contributed by atoms with Gasteiger partial charge in [0.05, 0.1) is 5.92 Å². The average molecular weight is 381 g/mol. The Morgan fingerprint density at radius 3 is 2.64 bits per heavy atom. The molecule has 1 fully saturated rings. The third kappa shape index (κ3) is 3.93. The quantitative estimate of drug-likeness (QED) is 0.887. The van der Waals surface area contributed by atoms with Gasteiger partial charge in [-0.05, 0) is 49.9 Å². The van der Waals surface area contributed by atoms with Gasteiger partial charge in [0, 0.05) is 44.2 Å². The number of nitrogens with zero attached hydrogens (tertiary/aromatic N) is 4. The summed E-state index contributed by atoms with van der Waals surface area (Å²) >= 11 is 0. The Hall–Kier alpha value is -2.70. The summed E-state index contributed by atoms with van der Waals surface area (Å²) in [6.45, 7) is 3.77. The zero-order valence-electron chi connectivity index (χ0n) is 16.4. The molecule has 2 amide bonds. The number of fused-ring (bicyclic) bond motifs is 1. The zero-order valence-corrected chi connectivity index (χ0v) is 16.4. The van der Waals surface area contributed by atoms with Crippen molar-refractivity contribution in [2.75, 3.05) is 18.4 Å². The molecule has 28 heavy (non-hydrogen) atoms. The van der Waals surface area contributed by atoms with Crippen molar-refractivity contribution in [2.45, 2.75) is 52.0 Å². The van der Waals surface area contributed by atoms with Gasteiger partial charge in [-0.3, -0.25) is 9.59 Å². The number of anilines is 1. The van der Waals surface area contributed by atoms with Gasteiger partial charge in [-0.1, -0.05) is 6.42 Å². The number of nitrogens with one attached hydrogen (secondary N) is 1. The minimum atomic E-state index is -0.149. The molecule has 1 saturated heterocycles. The lowest BCUT2D eigenvalue weighted by Crippen LogP contribution is -2.42. The lowest BCUT2D eigenvalue weighted by molar-refractivity contribution is -0.132. The number of hydrogen-bond acceptors (Lipinski definition) is 4. The monoisotopic (exact) mass is 381 g/mol. The van der Waals surface area contributed by atoms with E-state index in [9.17, 15) is 9.59 Å². The van der Waals surface area contributed by atoms with Gasteiger partial charge >= 0.3 is 0 Å². The van der Waals surface area contributed by atoms with E-state index in [-0.39, 0.29) is 17.7 Å². The minimum Gasteiger partial charge on any atom is -0.342 e. The third-order valence-corrected chi connectivity index (χ3v) is 5.76. The normalized spacial score (nSPS) is 19.6. The number of rotatable bonds is 3. The molecule has 1 atom stereocenters. The van der Waals surface area contributed by atoms with E-state index in [0.717, 1.165) is 61.7 Å². The van der Waals surface area contributed by atoms with Crippen LogP contribution in [0.5, 0.6) is 0 Å². The Kier molecular flexibility index (Phi) is 5.41. The van der Waals surface area contributed by atoms with Crippen LogP contribution in [0.4, 0.5) is 5.69 Å². The van der Waals surface area contributed by atoms with Crippen LogP contribution in [0.25, 0.3) is 11.4 Å². The maximum Gasteiger partial charge on any atom is 0.229 e. The number of carbonyl (C=O) groups is 2. The van der Waals surface area contributed by atoms with Gasteiger partial charge in [0.1, 0.15) is 5.82 Å². The molecule has 0 aliphatic carbocycles. The molecule has 1 N–H and O–H groups in total. The van der Waals surface area contributed by atoms with Crippen molar-refractivity contribution in [2.24, 2.45) is 5.92 Å². The molecule has 7 heteroatoms. The summed E-state index contributed by atoms with van der Waals surface area (Å²) < 4.78 is 2.22. The number of piperidine rings is 1. The maximum absolute atomic E-state index is 12.6. The smallest absolute Gasteiger partial charge is 0.229 e. The second kappa shape index (κ2) is 8.12. The molecule has 3 heterocycles. The fourth-order valence-corrected chi connectivity index (χ4v) is 4.12. The second-order valence-electron chi connectivity index (χ2n) is 7.77. The van der Waals surface area contributed by atoms with Crippen molar-refractivity contribution < 1.29 is 9.59 Å². The summed E-state index contributed by atoms with van der Waals surface area (Å²) in [7, 11) is 0. The topological polar surface area (TPSA) is 80.1 Å². The number of hydrogen-bond donors (Lipinski definition) is 1. The van der Waals surface area contributed by atoms with Crippen molar-refractivity contribution >= 4 is 17.5 Å². The van der Waals surface area contributed by atoms with Gasteiger partial charge < -0.3 is 14.8 Å². The van der Waals surface area contributed by atoms with Gasteiger partial charge in [0.25, 0.3) is 0 Å². The number of aromatic nitrogens is 3. The molecule has 1 aromatic heterocycles. The van der Waals surface area contributed by atoms with Crippen LogP contribution in [-0.4, -0.2) is 44.6 Å². The van der Waals surface area contributed by atoms with Gasteiger partial charge in [0.15, 0.2) is 5.82 Å². The van der Waals surface area contributed by atoms with Gasteiger partial charge in [-0.25, -0.2) is 0 Å². The Morgan fingerprint density at radius 1 is 1.04 bits per heavy atom. The maximum atomic E-state index is 12.6. The molecule has 0 spiro atoms.